The van der Waals surface area contributed by atoms with Gasteiger partial charge in [0, 0.05) is 11.3 Å². The lowest BCUT2D eigenvalue weighted by Gasteiger charge is -2.30. The van der Waals surface area contributed by atoms with E-state index >= 15 is 0 Å². The van der Waals surface area contributed by atoms with Gasteiger partial charge in [-0.2, -0.15) is 11.8 Å². The van der Waals surface area contributed by atoms with Crippen molar-refractivity contribution in [3.8, 4) is 0 Å². The van der Waals surface area contributed by atoms with E-state index in [1.54, 1.807) is 6.92 Å². The molecule has 1 heterocycles. The number of halogens is 1. The molecule has 0 aliphatic heterocycles. The predicted molar refractivity (Wildman–Crippen MR) is 82.5 cm³/mol. The molecule has 1 rings (SSSR count). The fourth-order valence-corrected chi connectivity index (χ4v) is 2.94. The minimum atomic E-state index is 0.144. The maximum absolute atomic E-state index is 11.1. The molecule has 4 nitrogen and oxygen atoms in total. The van der Waals surface area contributed by atoms with Crippen LogP contribution in [-0.2, 0) is 0 Å². The molecule has 0 aliphatic rings. The van der Waals surface area contributed by atoms with Crippen LogP contribution in [0.2, 0.25) is 5.15 Å². The first-order valence-electron chi connectivity index (χ1n) is 6.30. The molecule has 0 atom stereocenters. The van der Waals surface area contributed by atoms with Crippen LogP contribution >= 0.6 is 23.4 Å². The van der Waals surface area contributed by atoms with Gasteiger partial charge in [-0.1, -0.05) is 25.4 Å². The van der Waals surface area contributed by atoms with Gasteiger partial charge in [0.1, 0.15) is 16.8 Å². The number of anilines is 1. The zero-order chi connectivity index (χ0) is 14.5. The highest BCUT2D eigenvalue weighted by Gasteiger charge is 2.25. The Morgan fingerprint density at radius 3 is 2.47 bits per heavy atom. The maximum Gasteiger partial charge on any atom is 0.156 e. The quantitative estimate of drug-likeness (QED) is 0.616. The lowest BCUT2D eigenvalue weighted by Crippen LogP contribution is -2.32. The van der Waals surface area contributed by atoms with Crippen molar-refractivity contribution in [3.05, 3.63) is 16.5 Å². The van der Waals surface area contributed by atoms with Gasteiger partial charge >= 0.3 is 0 Å². The Labute approximate surface area is 123 Å². The molecule has 6 heteroatoms. The third-order valence-corrected chi connectivity index (χ3v) is 5.30. The molecule has 106 valence electrons. The summed E-state index contributed by atoms with van der Waals surface area (Å²) in [5.74, 6) is 1.08. The maximum atomic E-state index is 11.1. The van der Waals surface area contributed by atoms with Crippen LogP contribution in [0.1, 0.15) is 42.9 Å². The Kier molecular flexibility index (Phi) is 6.07. The first-order valence-corrected chi connectivity index (χ1v) is 7.90. The molecule has 0 aromatic carbocycles. The fraction of sp³-hybridized carbons (Fsp3) is 0.615. The van der Waals surface area contributed by atoms with Crippen molar-refractivity contribution in [2.45, 2.75) is 38.4 Å². The topological polar surface area (TPSA) is 54.9 Å². The number of aryl methyl sites for hydroxylation is 1. The minimum absolute atomic E-state index is 0.144. The van der Waals surface area contributed by atoms with E-state index in [1.807, 2.05) is 11.8 Å². The molecule has 0 amide bonds. The average Bonchev–Trinajstić information content (AvgIpc) is 2.40. The second-order valence-electron chi connectivity index (χ2n) is 4.39. The largest absolute Gasteiger partial charge is 0.368 e. The van der Waals surface area contributed by atoms with E-state index < -0.39 is 0 Å². The van der Waals surface area contributed by atoms with Crippen LogP contribution in [0.4, 0.5) is 5.82 Å². The standard InChI is InChI=1S/C13H20ClN3OS/c1-5-13(6-2,19-4)8-15-12-10(7-18)11(14)16-9(3)17-12/h7H,5-6,8H2,1-4H3,(H,15,16,17). The van der Waals surface area contributed by atoms with Crippen LogP contribution in [0, 0.1) is 6.92 Å². The molecular weight excluding hydrogens is 282 g/mol. The van der Waals surface area contributed by atoms with Gasteiger partial charge in [-0.25, -0.2) is 9.97 Å². The van der Waals surface area contributed by atoms with Gasteiger partial charge in [0.05, 0.1) is 5.56 Å². The number of hydrogen-bond acceptors (Lipinski definition) is 5. The summed E-state index contributed by atoms with van der Waals surface area (Å²) in [5, 5.41) is 3.45. The number of aromatic nitrogens is 2. The molecule has 1 aromatic heterocycles. The highest BCUT2D eigenvalue weighted by atomic mass is 35.5. The molecule has 0 bridgehead atoms. The van der Waals surface area contributed by atoms with Crippen molar-refractivity contribution >= 4 is 35.5 Å². The summed E-state index contributed by atoms with van der Waals surface area (Å²) < 4.78 is 0.144. The van der Waals surface area contributed by atoms with E-state index in [-0.39, 0.29) is 9.90 Å². The number of carbonyl (C=O) groups is 1. The molecule has 0 radical (unpaired) electrons. The average molecular weight is 302 g/mol. The number of carbonyl (C=O) groups excluding carboxylic acids is 1. The molecule has 19 heavy (non-hydrogen) atoms. The van der Waals surface area contributed by atoms with Crippen molar-refractivity contribution in [1.29, 1.82) is 0 Å². The van der Waals surface area contributed by atoms with Crippen LogP contribution < -0.4 is 5.32 Å². The van der Waals surface area contributed by atoms with Gasteiger partial charge in [0.25, 0.3) is 0 Å². The molecule has 1 aromatic rings. The Hall–Kier alpha value is -0.810. The third-order valence-electron chi connectivity index (χ3n) is 3.43. The van der Waals surface area contributed by atoms with Gasteiger partial charge in [-0.05, 0) is 26.0 Å². The van der Waals surface area contributed by atoms with Crippen molar-refractivity contribution in [3.63, 3.8) is 0 Å². The van der Waals surface area contributed by atoms with Crippen LogP contribution in [0.5, 0.6) is 0 Å². The van der Waals surface area contributed by atoms with Gasteiger partial charge in [0.2, 0.25) is 0 Å². The van der Waals surface area contributed by atoms with Crippen LogP contribution in [0.15, 0.2) is 0 Å². The number of nitrogens with one attached hydrogen (secondary N) is 1. The lowest BCUT2D eigenvalue weighted by molar-refractivity contribution is 0.112. The van der Waals surface area contributed by atoms with Crippen molar-refractivity contribution < 1.29 is 4.79 Å². The van der Waals surface area contributed by atoms with Crippen LogP contribution in [-0.4, -0.2) is 33.8 Å². The number of hydrogen-bond donors (Lipinski definition) is 1. The summed E-state index contributed by atoms with van der Waals surface area (Å²) in [7, 11) is 0. The SMILES string of the molecule is CCC(CC)(CNc1nc(C)nc(Cl)c1C=O)SC. The molecule has 0 saturated heterocycles. The highest BCUT2D eigenvalue weighted by molar-refractivity contribution is 8.00. The van der Waals surface area contributed by atoms with Gasteiger partial charge in [0.15, 0.2) is 6.29 Å². The number of rotatable bonds is 7. The van der Waals surface area contributed by atoms with E-state index in [1.165, 1.54) is 0 Å². The molecule has 0 aliphatic carbocycles. The van der Waals surface area contributed by atoms with Gasteiger partial charge in [-0.3, -0.25) is 4.79 Å². The first-order chi connectivity index (χ1) is 9.01. The second-order valence-corrected chi connectivity index (χ2v) is 6.02. The fourth-order valence-electron chi connectivity index (χ4n) is 1.89. The molecule has 0 spiro atoms. The van der Waals surface area contributed by atoms with Crippen LogP contribution in [0.25, 0.3) is 0 Å². The van der Waals surface area contributed by atoms with E-state index in [0.717, 1.165) is 19.4 Å². The predicted octanol–water partition coefficient (Wildman–Crippen LogP) is 3.58. The molecule has 0 fully saturated rings. The summed E-state index contributed by atoms with van der Waals surface area (Å²) in [6.07, 6.45) is 4.90. The monoisotopic (exact) mass is 301 g/mol. The second kappa shape index (κ2) is 7.10. The minimum Gasteiger partial charge on any atom is -0.368 e. The van der Waals surface area contributed by atoms with Gasteiger partial charge < -0.3 is 5.32 Å². The lowest BCUT2D eigenvalue weighted by atomic mass is 10.0. The van der Waals surface area contributed by atoms with Crippen LogP contribution in [0.3, 0.4) is 0 Å². The molecular formula is C13H20ClN3OS. The van der Waals surface area contributed by atoms with Crippen molar-refractivity contribution in [2.24, 2.45) is 0 Å². The Balaban J connectivity index is 2.96. The Bertz CT molecular complexity index is 441. The summed E-state index contributed by atoms with van der Waals surface area (Å²) >= 11 is 7.79. The molecule has 1 N–H and O–H groups in total. The summed E-state index contributed by atoms with van der Waals surface area (Å²) in [6, 6.07) is 0. The highest BCUT2D eigenvalue weighted by Crippen LogP contribution is 2.31. The summed E-state index contributed by atoms with van der Waals surface area (Å²) in [6.45, 7) is 6.84. The zero-order valence-electron chi connectivity index (χ0n) is 11.8. The first kappa shape index (κ1) is 16.2. The van der Waals surface area contributed by atoms with E-state index in [2.05, 4.69) is 35.4 Å². The van der Waals surface area contributed by atoms with Gasteiger partial charge in [-0.15, -0.1) is 0 Å². The van der Waals surface area contributed by atoms with Crippen molar-refractivity contribution in [2.75, 3.05) is 18.1 Å². The van der Waals surface area contributed by atoms with E-state index in [0.29, 0.717) is 23.5 Å². The Morgan fingerprint density at radius 1 is 1.37 bits per heavy atom. The smallest absolute Gasteiger partial charge is 0.156 e. The zero-order valence-corrected chi connectivity index (χ0v) is 13.4. The van der Waals surface area contributed by atoms with E-state index in [9.17, 15) is 4.79 Å². The normalized spacial score (nSPS) is 11.4. The molecule has 0 unspecified atom stereocenters. The van der Waals surface area contributed by atoms with E-state index in [4.69, 9.17) is 11.6 Å². The summed E-state index contributed by atoms with van der Waals surface area (Å²) in [4.78, 5) is 19.3. The molecule has 0 saturated carbocycles. The third kappa shape index (κ3) is 3.83. The number of thioether (sulfide) groups is 1. The number of nitrogens with zero attached hydrogens (tertiary/aromatic N) is 2. The van der Waals surface area contributed by atoms with Crippen molar-refractivity contribution in [1.82, 2.24) is 9.97 Å². The number of aldehydes is 1. The summed E-state index contributed by atoms with van der Waals surface area (Å²) in [5.41, 5.74) is 0.328. The Morgan fingerprint density at radius 2 is 2.00 bits per heavy atom.